The Labute approximate surface area is 93.7 Å². The number of carbonyl (C=O) groups excluding carboxylic acids is 1. The Hall–Kier alpha value is -2.10. The van der Waals surface area contributed by atoms with Crippen LogP contribution in [-0.2, 0) is 0 Å². The van der Waals surface area contributed by atoms with E-state index in [1.807, 2.05) is 37.3 Å². The number of benzene rings is 1. The summed E-state index contributed by atoms with van der Waals surface area (Å²) in [6.07, 6.45) is 0. The van der Waals surface area contributed by atoms with E-state index in [2.05, 4.69) is 15.5 Å². The summed E-state index contributed by atoms with van der Waals surface area (Å²) in [6.45, 7) is 3.37. The van der Waals surface area contributed by atoms with Crippen LogP contribution < -0.4 is 5.32 Å². The van der Waals surface area contributed by atoms with Gasteiger partial charge in [-0.2, -0.15) is 5.10 Å². The van der Waals surface area contributed by atoms with Crippen molar-refractivity contribution in [3.63, 3.8) is 0 Å². The summed E-state index contributed by atoms with van der Waals surface area (Å²) < 4.78 is 0. The lowest BCUT2D eigenvalue weighted by Crippen LogP contribution is -1.99. The molecule has 0 saturated heterocycles. The number of nitrogens with one attached hydrogen (secondary N) is 2. The zero-order valence-electron chi connectivity index (χ0n) is 9.24. The first-order valence-corrected chi connectivity index (χ1v) is 5.06. The molecule has 0 radical (unpaired) electrons. The molecule has 0 atom stereocenters. The molecule has 16 heavy (non-hydrogen) atoms. The molecule has 1 aromatic carbocycles. The monoisotopic (exact) mass is 215 g/mol. The smallest absolute Gasteiger partial charge is 0.165 e. The second-order valence-corrected chi connectivity index (χ2v) is 3.62. The minimum Gasteiger partial charge on any atom is -0.338 e. The number of carbonyl (C=O) groups is 1. The number of para-hydroxylation sites is 1. The summed E-state index contributed by atoms with van der Waals surface area (Å²) in [5.74, 6) is 0.584. The van der Waals surface area contributed by atoms with Gasteiger partial charge >= 0.3 is 0 Å². The first kappa shape index (κ1) is 10.4. The molecule has 0 amide bonds. The van der Waals surface area contributed by atoms with Crippen LogP contribution in [0.15, 0.2) is 30.3 Å². The average molecular weight is 215 g/mol. The van der Waals surface area contributed by atoms with E-state index in [1.165, 1.54) is 6.92 Å². The van der Waals surface area contributed by atoms with Gasteiger partial charge in [-0.1, -0.05) is 18.2 Å². The number of aryl methyl sites for hydroxylation is 1. The van der Waals surface area contributed by atoms with E-state index < -0.39 is 0 Å². The van der Waals surface area contributed by atoms with Gasteiger partial charge in [0.05, 0.1) is 5.56 Å². The van der Waals surface area contributed by atoms with Crippen LogP contribution in [0.5, 0.6) is 0 Å². The molecule has 2 N–H and O–H groups in total. The molecule has 0 fully saturated rings. The van der Waals surface area contributed by atoms with Gasteiger partial charge in [0.2, 0.25) is 0 Å². The van der Waals surface area contributed by atoms with E-state index in [4.69, 9.17) is 0 Å². The summed E-state index contributed by atoms with van der Waals surface area (Å²) >= 11 is 0. The highest BCUT2D eigenvalue weighted by Gasteiger charge is 2.14. The lowest BCUT2D eigenvalue weighted by molar-refractivity contribution is 0.101. The van der Waals surface area contributed by atoms with Crippen LogP contribution in [0.4, 0.5) is 11.5 Å². The largest absolute Gasteiger partial charge is 0.338 e. The fourth-order valence-corrected chi connectivity index (χ4v) is 1.61. The lowest BCUT2D eigenvalue weighted by Gasteiger charge is -2.04. The Balaban J connectivity index is 2.32. The summed E-state index contributed by atoms with van der Waals surface area (Å²) in [4.78, 5) is 11.4. The maximum absolute atomic E-state index is 11.4. The van der Waals surface area contributed by atoms with Crippen molar-refractivity contribution < 1.29 is 4.79 Å². The summed E-state index contributed by atoms with van der Waals surface area (Å²) in [5, 5.41) is 9.99. The topological polar surface area (TPSA) is 57.8 Å². The highest BCUT2D eigenvalue weighted by atomic mass is 16.1. The molecule has 0 aliphatic rings. The number of nitrogens with zero attached hydrogens (tertiary/aromatic N) is 1. The first-order valence-electron chi connectivity index (χ1n) is 5.06. The SMILES string of the molecule is CC(=O)c1c(Nc2ccccc2)n[nH]c1C. The molecule has 0 unspecified atom stereocenters. The van der Waals surface area contributed by atoms with Crippen LogP contribution >= 0.6 is 0 Å². The highest BCUT2D eigenvalue weighted by molar-refractivity contribution is 6.00. The van der Waals surface area contributed by atoms with E-state index in [-0.39, 0.29) is 5.78 Å². The van der Waals surface area contributed by atoms with Gasteiger partial charge in [-0.25, -0.2) is 0 Å². The molecule has 0 bridgehead atoms. The normalized spacial score (nSPS) is 10.1. The molecule has 2 aromatic rings. The highest BCUT2D eigenvalue weighted by Crippen LogP contribution is 2.20. The molecule has 4 nitrogen and oxygen atoms in total. The number of Topliss-reactive ketones (excluding diaryl/α,β-unsaturated/α-hetero) is 1. The summed E-state index contributed by atoms with van der Waals surface area (Å²) in [6, 6.07) is 9.64. The minimum atomic E-state index is 0.00433. The first-order chi connectivity index (χ1) is 7.68. The Bertz CT molecular complexity index is 502. The molecule has 0 aliphatic carbocycles. The lowest BCUT2D eigenvalue weighted by atomic mass is 10.1. The molecule has 0 saturated carbocycles. The van der Waals surface area contributed by atoms with Crippen LogP contribution in [-0.4, -0.2) is 16.0 Å². The Kier molecular flexibility index (Phi) is 2.72. The number of aromatic nitrogens is 2. The van der Waals surface area contributed by atoms with Crippen molar-refractivity contribution in [2.24, 2.45) is 0 Å². The molecule has 1 aromatic heterocycles. The van der Waals surface area contributed by atoms with Crippen molar-refractivity contribution in [2.75, 3.05) is 5.32 Å². The van der Waals surface area contributed by atoms with Crippen molar-refractivity contribution in [3.05, 3.63) is 41.6 Å². The molecular formula is C12H13N3O. The van der Waals surface area contributed by atoms with E-state index >= 15 is 0 Å². The second-order valence-electron chi connectivity index (χ2n) is 3.62. The molecule has 2 rings (SSSR count). The maximum Gasteiger partial charge on any atom is 0.165 e. The van der Waals surface area contributed by atoms with Crippen LogP contribution in [0.2, 0.25) is 0 Å². The molecular weight excluding hydrogens is 202 g/mol. The molecule has 82 valence electrons. The van der Waals surface area contributed by atoms with E-state index in [1.54, 1.807) is 0 Å². The number of hydrogen-bond donors (Lipinski definition) is 2. The number of ketones is 1. The van der Waals surface area contributed by atoms with E-state index in [0.29, 0.717) is 11.4 Å². The van der Waals surface area contributed by atoms with Crippen LogP contribution in [0.25, 0.3) is 0 Å². The maximum atomic E-state index is 11.4. The Morgan fingerprint density at radius 2 is 2.00 bits per heavy atom. The number of anilines is 2. The predicted molar refractivity (Wildman–Crippen MR) is 63.1 cm³/mol. The van der Waals surface area contributed by atoms with Crippen LogP contribution in [0.1, 0.15) is 23.0 Å². The van der Waals surface area contributed by atoms with Crippen molar-refractivity contribution in [3.8, 4) is 0 Å². The third-order valence-electron chi connectivity index (χ3n) is 2.34. The van der Waals surface area contributed by atoms with Gasteiger partial charge in [0.25, 0.3) is 0 Å². The van der Waals surface area contributed by atoms with Gasteiger partial charge in [-0.05, 0) is 26.0 Å². The quantitative estimate of drug-likeness (QED) is 0.774. The molecule has 0 spiro atoms. The van der Waals surface area contributed by atoms with Crippen LogP contribution in [0.3, 0.4) is 0 Å². The van der Waals surface area contributed by atoms with Crippen molar-refractivity contribution in [1.82, 2.24) is 10.2 Å². The van der Waals surface area contributed by atoms with Gasteiger partial charge in [-0.3, -0.25) is 9.89 Å². The molecule has 1 heterocycles. The van der Waals surface area contributed by atoms with Crippen molar-refractivity contribution in [2.45, 2.75) is 13.8 Å². The number of hydrogen-bond acceptors (Lipinski definition) is 3. The number of H-pyrrole nitrogens is 1. The third kappa shape index (κ3) is 1.95. The third-order valence-corrected chi connectivity index (χ3v) is 2.34. The zero-order valence-corrected chi connectivity index (χ0v) is 9.24. The second kappa shape index (κ2) is 4.18. The Morgan fingerprint density at radius 1 is 1.31 bits per heavy atom. The standard InChI is InChI=1S/C12H13N3O/c1-8-11(9(2)16)12(15-14-8)13-10-6-4-3-5-7-10/h3-7H,1-2H3,(H2,13,14,15). The van der Waals surface area contributed by atoms with Crippen molar-refractivity contribution >= 4 is 17.3 Å². The number of rotatable bonds is 3. The van der Waals surface area contributed by atoms with Gasteiger partial charge in [-0.15, -0.1) is 0 Å². The number of aromatic amines is 1. The molecule has 0 aliphatic heterocycles. The fourth-order valence-electron chi connectivity index (χ4n) is 1.61. The summed E-state index contributed by atoms with van der Waals surface area (Å²) in [7, 11) is 0. The fraction of sp³-hybridized carbons (Fsp3) is 0.167. The van der Waals surface area contributed by atoms with E-state index in [0.717, 1.165) is 11.4 Å². The molecule has 4 heteroatoms. The summed E-state index contributed by atoms with van der Waals surface area (Å²) in [5.41, 5.74) is 2.31. The van der Waals surface area contributed by atoms with Gasteiger partial charge in [0.1, 0.15) is 0 Å². The minimum absolute atomic E-state index is 0.00433. The Morgan fingerprint density at radius 3 is 2.62 bits per heavy atom. The van der Waals surface area contributed by atoms with Crippen LogP contribution in [0, 0.1) is 6.92 Å². The zero-order chi connectivity index (χ0) is 11.5. The van der Waals surface area contributed by atoms with E-state index in [9.17, 15) is 4.79 Å². The van der Waals surface area contributed by atoms with Crippen molar-refractivity contribution in [1.29, 1.82) is 0 Å². The predicted octanol–water partition coefficient (Wildman–Crippen LogP) is 2.66. The average Bonchev–Trinajstić information content (AvgIpc) is 2.61. The van der Waals surface area contributed by atoms with Gasteiger partial charge < -0.3 is 5.32 Å². The van der Waals surface area contributed by atoms with Gasteiger partial charge in [0, 0.05) is 11.4 Å². The van der Waals surface area contributed by atoms with Gasteiger partial charge in [0.15, 0.2) is 11.6 Å².